The van der Waals surface area contributed by atoms with Gasteiger partial charge in [0.25, 0.3) is 0 Å². The van der Waals surface area contributed by atoms with Gasteiger partial charge < -0.3 is 10.1 Å². The minimum absolute atomic E-state index is 0.170. The van der Waals surface area contributed by atoms with Gasteiger partial charge in [0.05, 0.1) is 12.2 Å². The van der Waals surface area contributed by atoms with Crippen molar-refractivity contribution in [2.75, 3.05) is 13.1 Å². The Morgan fingerprint density at radius 2 is 2.27 bits per heavy atom. The summed E-state index contributed by atoms with van der Waals surface area (Å²) in [7, 11) is 0. The van der Waals surface area contributed by atoms with Crippen LogP contribution in [0.3, 0.4) is 0 Å². The van der Waals surface area contributed by atoms with Gasteiger partial charge in [-0.05, 0) is 26.0 Å². The number of hydrogen-bond acceptors (Lipinski definition) is 2. The summed E-state index contributed by atoms with van der Waals surface area (Å²) in [5, 5.41) is 3.23. The van der Waals surface area contributed by atoms with E-state index >= 15 is 0 Å². The van der Waals surface area contributed by atoms with Crippen molar-refractivity contribution in [3.8, 4) is 0 Å². The Morgan fingerprint density at radius 1 is 1.47 bits per heavy atom. The van der Waals surface area contributed by atoms with Crippen LogP contribution in [0.5, 0.6) is 0 Å². The Hall–Kier alpha value is -0.930. The number of halogens is 1. The lowest BCUT2D eigenvalue weighted by Gasteiger charge is -2.18. The summed E-state index contributed by atoms with van der Waals surface area (Å²) in [6.45, 7) is 3.77. The zero-order valence-electron chi connectivity index (χ0n) is 8.87. The molecule has 0 aliphatic carbocycles. The Morgan fingerprint density at radius 3 is 2.93 bits per heavy atom. The molecule has 0 unspecified atom stereocenters. The molecular formula is C12H16FNO. The summed E-state index contributed by atoms with van der Waals surface area (Å²) in [4.78, 5) is 0. The van der Waals surface area contributed by atoms with Crippen molar-refractivity contribution in [3.63, 3.8) is 0 Å². The molecule has 2 rings (SSSR count). The van der Waals surface area contributed by atoms with E-state index in [0.29, 0.717) is 5.56 Å². The molecule has 1 aliphatic rings. The van der Waals surface area contributed by atoms with Crippen molar-refractivity contribution in [2.45, 2.75) is 25.6 Å². The van der Waals surface area contributed by atoms with Gasteiger partial charge in [0.15, 0.2) is 0 Å². The molecule has 1 aliphatic heterocycles. The van der Waals surface area contributed by atoms with Crippen molar-refractivity contribution >= 4 is 0 Å². The average molecular weight is 209 g/mol. The third kappa shape index (κ3) is 2.55. The fourth-order valence-corrected chi connectivity index (χ4v) is 1.91. The molecule has 2 nitrogen and oxygen atoms in total. The number of hydrogen-bond donors (Lipinski definition) is 1. The van der Waals surface area contributed by atoms with Crippen molar-refractivity contribution in [1.29, 1.82) is 0 Å². The summed E-state index contributed by atoms with van der Waals surface area (Å²) in [5.41, 5.74) is 0.643. The third-order valence-corrected chi connectivity index (χ3v) is 2.75. The third-order valence-electron chi connectivity index (χ3n) is 2.75. The van der Waals surface area contributed by atoms with E-state index < -0.39 is 0 Å². The van der Waals surface area contributed by atoms with Crippen molar-refractivity contribution in [1.82, 2.24) is 5.32 Å². The van der Waals surface area contributed by atoms with Crippen LogP contribution in [0.4, 0.5) is 4.39 Å². The molecule has 1 saturated heterocycles. The Bertz CT molecular complexity index is 323. The maximum Gasteiger partial charge on any atom is 0.128 e. The lowest BCUT2D eigenvalue weighted by molar-refractivity contribution is 0.00651. The van der Waals surface area contributed by atoms with Crippen LogP contribution in [0.25, 0.3) is 0 Å². The molecule has 1 N–H and O–H groups in total. The number of ether oxygens (including phenoxy) is 1. The van der Waals surface area contributed by atoms with Gasteiger partial charge in [0, 0.05) is 12.1 Å². The summed E-state index contributed by atoms with van der Waals surface area (Å²) in [6.07, 6.45) is 1.06. The highest BCUT2D eigenvalue weighted by Crippen LogP contribution is 2.22. The average Bonchev–Trinajstić information content (AvgIpc) is 2.71. The Balaban J connectivity index is 2.00. The van der Waals surface area contributed by atoms with Crippen LogP contribution < -0.4 is 5.32 Å². The lowest BCUT2D eigenvalue weighted by atomic mass is 10.1. The van der Waals surface area contributed by atoms with Crippen LogP contribution in [-0.2, 0) is 4.74 Å². The highest BCUT2D eigenvalue weighted by atomic mass is 19.1. The van der Waals surface area contributed by atoms with Crippen LogP contribution in [0.1, 0.15) is 25.0 Å². The molecule has 0 radical (unpaired) electrons. The van der Waals surface area contributed by atoms with E-state index in [1.807, 2.05) is 13.0 Å². The zero-order chi connectivity index (χ0) is 10.7. The molecule has 3 heteroatoms. The Labute approximate surface area is 89.4 Å². The van der Waals surface area contributed by atoms with Gasteiger partial charge in [0.2, 0.25) is 0 Å². The van der Waals surface area contributed by atoms with E-state index in [4.69, 9.17) is 4.74 Å². The predicted molar refractivity (Wildman–Crippen MR) is 57.2 cm³/mol. The fourth-order valence-electron chi connectivity index (χ4n) is 1.91. The van der Waals surface area contributed by atoms with Gasteiger partial charge >= 0.3 is 0 Å². The first-order valence-corrected chi connectivity index (χ1v) is 5.38. The van der Waals surface area contributed by atoms with E-state index in [1.54, 1.807) is 12.1 Å². The van der Waals surface area contributed by atoms with Gasteiger partial charge in [-0.1, -0.05) is 18.2 Å². The SMILES string of the molecule is C[C@H](O[C@@H]1CCNC1)c1ccccc1F. The fraction of sp³-hybridized carbons (Fsp3) is 0.500. The normalized spacial score (nSPS) is 22.9. The lowest BCUT2D eigenvalue weighted by Crippen LogP contribution is -2.19. The minimum Gasteiger partial charge on any atom is -0.369 e. The monoisotopic (exact) mass is 209 g/mol. The number of nitrogens with one attached hydrogen (secondary N) is 1. The van der Waals surface area contributed by atoms with Crippen molar-refractivity contribution < 1.29 is 9.13 Å². The topological polar surface area (TPSA) is 21.3 Å². The molecule has 0 spiro atoms. The molecule has 0 saturated carbocycles. The largest absolute Gasteiger partial charge is 0.369 e. The summed E-state index contributed by atoms with van der Waals surface area (Å²) in [6, 6.07) is 6.79. The second-order valence-electron chi connectivity index (χ2n) is 3.91. The highest BCUT2D eigenvalue weighted by molar-refractivity contribution is 5.19. The second kappa shape index (κ2) is 4.73. The number of rotatable bonds is 3. The molecule has 15 heavy (non-hydrogen) atoms. The van der Waals surface area contributed by atoms with Crippen LogP contribution in [0, 0.1) is 5.82 Å². The molecule has 0 aromatic heterocycles. The first-order chi connectivity index (χ1) is 7.27. The standard InChI is InChI=1S/C12H16FNO/c1-9(15-10-6-7-14-8-10)11-4-2-3-5-12(11)13/h2-5,9-10,14H,6-8H2,1H3/t9-,10+/m0/s1. The van der Waals surface area contributed by atoms with Crippen molar-refractivity contribution in [3.05, 3.63) is 35.6 Å². The summed E-state index contributed by atoms with van der Waals surface area (Å²) >= 11 is 0. The summed E-state index contributed by atoms with van der Waals surface area (Å²) in [5.74, 6) is -0.184. The number of benzene rings is 1. The molecule has 2 atom stereocenters. The maximum absolute atomic E-state index is 13.4. The molecular weight excluding hydrogens is 193 g/mol. The highest BCUT2D eigenvalue weighted by Gasteiger charge is 2.19. The first-order valence-electron chi connectivity index (χ1n) is 5.38. The van der Waals surface area contributed by atoms with Crippen LogP contribution in [0.2, 0.25) is 0 Å². The second-order valence-corrected chi connectivity index (χ2v) is 3.91. The molecule has 1 aromatic rings. The minimum atomic E-state index is -0.184. The maximum atomic E-state index is 13.4. The van der Waals surface area contributed by atoms with Gasteiger partial charge in [-0.15, -0.1) is 0 Å². The van der Waals surface area contributed by atoms with E-state index in [1.165, 1.54) is 6.07 Å². The van der Waals surface area contributed by atoms with Gasteiger partial charge in [-0.3, -0.25) is 0 Å². The molecule has 1 aromatic carbocycles. The van der Waals surface area contributed by atoms with Crippen LogP contribution >= 0.6 is 0 Å². The van der Waals surface area contributed by atoms with E-state index in [9.17, 15) is 4.39 Å². The van der Waals surface area contributed by atoms with E-state index in [2.05, 4.69) is 5.32 Å². The molecule has 82 valence electrons. The quantitative estimate of drug-likeness (QED) is 0.824. The zero-order valence-corrected chi connectivity index (χ0v) is 8.87. The van der Waals surface area contributed by atoms with Crippen LogP contribution in [0.15, 0.2) is 24.3 Å². The van der Waals surface area contributed by atoms with E-state index in [0.717, 1.165) is 19.5 Å². The van der Waals surface area contributed by atoms with Crippen molar-refractivity contribution in [2.24, 2.45) is 0 Å². The Kier molecular flexibility index (Phi) is 3.34. The summed E-state index contributed by atoms with van der Waals surface area (Å²) < 4.78 is 19.2. The smallest absolute Gasteiger partial charge is 0.128 e. The predicted octanol–water partition coefficient (Wildman–Crippen LogP) is 2.27. The molecule has 1 fully saturated rings. The molecule has 0 bridgehead atoms. The van der Waals surface area contributed by atoms with E-state index in [-0.39, 0.29) is 18.0 Å². The molecule has 0 amide bonds. The van der Waals surface area contributed by atoms with Gasteiger partial charge in [0.1, 0.15) is 5.82 Å². The first kappa shape index (κ1) is 10.6. The van der Waals surface area contributed by atoms with Gasteiger partial charge in [-0.2, -0.15) is 0 Å². The molecule has 1 heterocycles. The van der Waals surface area contributed by atoms with Gasteiger partial charge in [-0.25, -0.2) is 4.39 Å². The van der Waals surface area contributed by atoms with Crippen LogP contribution in [-0.4, -0.2) is 19.2 Å².